The quantitative estimate of drug-likeness (QED) is 0.316. The monoisotopic (exact) mass is 431 g/mol. The molecule has 166 valence electrons. The van der Waals surface area contributed by atoms with Crippen LogP contribution in [0.3, 0.4) is 0 Å². The van der Waals surface area contributed by atoms with Crippen molar-refractivity contribution in [2.24, 2.45) is 0 Å². The van der Waals surface area contributed by atoms with Crippen molar-refractivity contribution < 1.29 is 24.1 Å². The molecule has 0 saturated heterocycles. The summed E-state index contributed by atoms with van der Waals surface area (Å²) in [5.41, 5.74) is 6.42. The topological polar surface area (TPSA) is 155 Å². The first-order chi connectivity index (χ1) is 14.9. The Morgan fingerprint density at radius 1 is 1.26 bits per heavy atom. The molecule has 1 unspecified atom stereocenters. The molecule has 1 atom stereocenters. The first-order valence-corrected chi connectivity index (χ1v) is 9.81. The molecule has 0 aliphatic rings. The van der Waals surface area contributed by atoms with Crippen LogP contribution in [0.15, 0.2) is 29.1 Å². The van der Waals surface area contributed by atoms with Gasteiger partial charge in [-0.25, -0.2) is 9.59 Å². The lowest BCUT2D eigenvalue weighted by Gasteiger charge is -2.14. The van der Waals surface area contributed by atoms with E-state index in [-0.39, 0.29) is 36.1 Å². The number of fused-ring (bicyclic) bond motifs is 1. The van der Waals surface area contributed by atoms with Gasteiger partial charge in [0.2, 0.25) is 0 Å². The van der Waals surface area contributed by atoms with Gasteiger partial charge < -0.3 is 25.1 Å². The van der Waals surface area contributed by atoms with Gasteiger partial charge in [0, 0.05) is 0 Å². The zero-order valence-corrected chi connectivity index (χ0v) is 17.3. The lowest BCUT2D eigenvalue weighted by atomic mass is 10.2. The number of aliphatic hydroxyl groups excluding tert-OH is 1. The molecule has 11 nitrogen and oxygen atoms in total. The fraction of sp³-hybridized carbons (Fsp3) is 0.400. The Bertz CT molecular complexity index is 1090. The summed E-state index contributed by atoms with van der Waals surface area (Å²) in [6.45, 7) is 2.31. The summed E-state index contributed by atoms with van der Waals surface area (Å²) in [6, 6.07) is 6.36. The van der Waals surface area contributed by atoms with Crippen molar-refractivity contribution in [1.29, 1.82) is 0 Å². The van der Waals surface area contributed by atoms with Gasteiger partial charge in [0.1, 0.15) is 24.0 Å². The van der Waals surface area contributed by atoms with E-state index in [1.54, 1.807) is 24.3 Å². The first kappa shape index (κ1) is 22.1. The number of ether oxygens (including phenoxy) is 3. The van der Waals surface area contributed by atoms with Crippen molar-refractivity contribution >= 4 is 23.0 Å². The average molecular weight is 431 g/mol. The predicted octanol–water partition coefficient (Wildman–Crippen LogP) is 1.11. The maximum Gasteiger partial charge on any atom is 0.337 e. The van der Waals surface area contributed by atoms with Crippen molar-refractivity contribution in [3.05, 3.63) is 40.3 Å². The van der Waals surface area contributed by atoms with E-state index in [9.17, 15) is 14.7 Å². The normalized spacial score (nSPS) is 12.0. The highest BCUT2D eigenvalue weighted by molar-refractivity contribution is 5.89. The molecule has 0 saturated carbocycles. The number of nitrogen functional groups attached to an aromatic ring is 1. The van der Waals surface area contributed by atoms with Crippen LogP contribution in [0.2, 0.25) is 0 Å². The van der Waals surface area contributed by atoms with Gasteiger partial charge in [-0.05, 0) is 30.7 Å². The molecule has 4 N–H and O–H groups in total. The number of nitrogens with one attached hydrogen (secondary N) is 1. The zero-order chi connectivity index (χ0) is 22.4. The smallest absolute Gasteiger partial charge is 0.337 e. The fourth-order valence-corrected chi connectivity index (χ4v) is 2.88. The molecular weight excluding hydrogens is 406 g/mol. The number of H-pyrrole nitrogens is 1. The minimum absolute atomic E-state index is 0.0707. The van der Waals surface area contributed by atoms with Gasteiger partial charge in [0.05, 0.1) is 25.8 Å². The average Bonchev–Trinajstić information content (AvgIpc) is 3.07. The van der Waals surface area contributed by atoms with E-state index in [4.69, 9.17) is 15.2 Å². The molecule has 0 fully saturated rings. The van der Waals surface area contributed by atoms with Gasteiger partial charge in [-0.15, -0.1) is 0 Å². The Labute approximate surface area is 177 Å². The Balaban J connectivity index is 1.67. The van der Waals surface area contributed by atoms with Crippen molar-refractivity contribution in [3.63, 3.8) is 0 Å². The van der Waals surface area contributed by atoms with E-state index in [0.717, 1.165) is 12.8 Å². The maximum atomic E-state index is 12.3. The van der Waals surface area contributed by atoms with Crippen molar-refractivity contribution in [2.45, 2.75) is 32.4 Å². The van der Waals surface area contributed by atoms with Crippen LogP contribution in [-0.4, -0.2) is 57.0 Å². The minimum atomic E-state index is -1.02. The number of carbonyl (C=O) groups excluding carboxylic acids is 1. The number of aliphatic hydroxyl groups is 1. The molecule has 2 aromatic heterocycles. The number of aromatic nitrogens is 4. The summed E-state index contributed by atoms with van der Waals surface area (Å²) in [4.78, 5) is 34.7. The molecule has 3 rings (SSSR count). The molecule has 0 bridgehead atoms. The molecule has 2 heterocycles. The van der Waals surface area contributed by atoms with Gasteiger partial charge in [-0.1, -0.05) is 13.3 Å². The van der Waals surface area contributed by atoms with Gasteiger partial charge >= 0.3 is 17.7 Å². The van der Waals surface area contributed by atoms with Gasteiger partial charge in [-0.3, -0.25) is 9.55 Å². The molecule has 0 amide bonds. The SMILES string of the molecule is CCCCOc1nc(N)c2c(n1)[nH]c(=O)n2CC(O)COc1ccc(C(=O)OC)cc1. The fourth-order valence-electron chi connectivity index (χ4n) is 2.88. The molecule has 0 aliphatic carbocycles. The van der Waals surface area contributed by atoms with Crippen molar-refractivity contribution in [1.82, 2.24) is 19.5 Å². The van der Waals surface area contributed by atoms with Gasteiger partial charge in [-0.2, -0.15) is 9.97 Å². The van der Waals surface area contributed by atoms with E-state index in [1.165, 1.54) is 11.7 Å². The predicted molar refractivity (Wildman–Crippen MR) is 112 cm³/mol. The standard InChI is InChI=1S/C20H25N5O6/c1-3-4-9-30-19-22-16(21)15-17(23-19)24-20(28)25(15)10-13(26)11-31-14-7-5-12(6-8-14)18(27)29-2/h5-8,13,26H,3-4,9-11H2,1-2H3,(H3,21,22,23,24,28). The second-order valence-corrected chi connectivity index (χ2v) is 6.81. The molecule has 3 aromatic rings. The Morgan fingerprint density at radius 2 is 2.00 bits per heavy atom. The van der Waals surface area contributed by atoms with Crippen molar-refractivity contribution in [2.75, 3.05) is 26.1 Å². The highest BCUT2D eigenvalue weighted by Gasteiger charge is 2.18. The molecule has 11 heteroatoms. The number of imidazole rings is 1. The Morgan fingerprint density at radius 3 is 2.68 bits per heavy atom. The van der Waals surface area contributed by atoms with Crippen LogP contribution < -0.4 is 20.9 Å². The van der Waals surface area contributed by atoms with Crippen LogP contribution in [-0.2, 0) is 11.3 Å². The third-order valence-corrected chi connectivity index (χ3v) is 4.47. The van der Waals surface area contributed by atoms with E-state index >= 15 is 0 Å². The van der Waals surface area contributed by atoms with E-state index < -0.39 is 17.8 Å². The van der Waals surface area contributed by atoms with E-state index in [1.807, 2.05) is 6.92 Å². The number of hydrogen-bond donors (Lipinski definition) is 3. The molecule has 0 spiro atoms. The third-order valence-electron chi connectivity index (χ3n) is 4.47. The second-order valence-electron chi connectivity index (χ2n) is 6.81. The van der Waals surface area contributed by atoms with Gasteiger partial charge in [0.15, 0.2) is 11.5 Å². The number of esters is 1. The van der Waals surface area contributed by atoms with Crippen molar-refractivity contribution in [3.8, 4) is 11.8 Å². The molecular formula is C20H25N5O6. The summed E-state index contributed by atoms with van der Waals surface area (Å²) in [6.07, 6.45) is 0.786. The summed E-state index contributed by atoms with van der Waals surface area (Å²) in [7, 11) is 1.30. The van der Waals surface area contributed by atoms with Crippen LogP contribution in [0.4, 0.5) is 5.82 Å². The van der Waals surface area contributed by atoms with Crippen LogP contribution in [0.5, 0.6) is 11.8 Å². The van der Waals surface area contributed by atoms with Crippen LogP contribution >= 0.6 is 0 Å². The largest absolute Gasteiger partial charge is 0.491 e. The van der Waals surface area contributed by atoms with Crippen LogP contribution in [0, 0.1) is 0 Å². The Kier molecular flexibility index (Phi) is 7.08. The van der Waals surface area contributed by atoms with Crippen LogP contribution in [0.25, 0.3) is 11.2 Å². The zero-order valence-electron chi connectivity index (χ0n) is 17.3. The number of aromatic amines is 1. The number of anilines is 1. The second kappa shape index (κ2) is 9.94. The highest BCUT2D eigenvalue weighted by atomic mass is 16.5. The van der Waals surface area contributed by atoms with Gasteiger partial charge in [0.25, 0.3) is 0 Å². The number of benzene rings is 1. The lowest BCUT2D eigenvalue weighted by Crippen LogP contribution is -2.29. The molecule has 0 radical (unpaired) electrons. The number of methoxy groups -OCH3 is 1. The van der Waals surface area contributed by atoms with Crippen LogP contribution in [0.1, 0.15) is 30.1 Å². The summed E-state index contributed by atoms with van der Waals surface area (Å²) in [5.74, 6) is 0.0695. The third kappa shape index (κ3) is 5.31. The number of nitrogens with two attached hydrogens (primary N) is 1. The number of carbonyl (C=O) groups is 1. The number of rotatable bonds is 10. The summed E-state index contributed by atoms with van der Waals surface area (Å²) >= 11 is 0. The summed E-state index contributed by atoms with van der Waals surface area (Å²) < 4.78 is 16.9. The minimum Gasteiger partial charge on any atom is -0.491 e. The lowest BCUT2D eigenvalue weighted by molar-refractivity contribution is 0.0600. The number of hydrogen-bond acceptors (Lipinski definition) is 9. The molecule has 1 aromatic carbocycles. The molecule has 31 heavy (non-hydrogen) atoms. The maximum absolute atomic E-state index is 12.3. The highest BCUT2D eigenvalue weighted by Crippen LogP contribution is 2.19. The number of unbranched alkanes of at least 4 members (excludes halogenated alkanes) is 1. The summed E-state index contributed by atoms with van der Waals surface area (Å²) in [5, 5.41) is 10.4. The van der Waals surface area contributed by atoms with E-state index in [2.05, 4.69) is 19.7 Å². The first-order valence-electron chi connectivity index (χ1n) is 9.81. The number of nitrogens with zero attached hydrogens (tertiary/aromatic N) is 3. The van der Waals surface area contributed by atoms with E-state index in [0.29, 0.717) is 17.9 Å². The Hall–Kier alpha value is -3.60. The molecule has 0 aliphatic heterocycles.